The molecule has 7 heteroatoms. The van der Waals surface area contributed by atoms with Crippen molar-refractivity contribution >= 4 is 15.9 Å². The van der Waals surface area contributed by atoms with E-state index in [0.29, 0.717) is 32.5 Å². The highest BCUT2D eigenvalue weighted by Gasteiger charge is 2.39. The summed E-state index contributed by atoms with van der Waals surface area (Å²) in [6.45, 7) is 7.29. The minimum atomic E-state index is -3.33. The molecule has 1 aliphatic rings. The molecule has 2 N–H and O–H groups in total. The molecule has 124 valence electrons. The lowest BCUT2D eigenvalue weighted by atomic mass is 9.93. The Morgan fingerprint density at radius 2 is 2.05 bits per heavy atom. The van der Waals surface area contributed by atoms with Gasteiger partial charge in [-0.2, -0.15) is 4.31 Å². The fourth-order valence-electron chi connectivity index (χ4n) is 2.73. The standard InChI is InChI=1S/C14H29N3O3S/c1-5-9-21(19,20)17-8-6-7-12(17)13(18)16(4)11-14(2,3)10-15/h12H,5-11,15H2,1-4H3. The molecule has 1 unspecified atom stereocenters. The van der Waals surface area contributed by atoms with Crippen molar-refractivity contribution in [3.63, 3.8) is 0 Å². The largest absolute Gasteiger partial charge is 0.344 e. The van der Waals surface area contributed by atoms with Gasteiger partial charge >= 0.3 is 0 Å². The topological polar surface area (TPSA) is 83.7 Å². The molecule has 0 radical (unpaired) electrons. The summed E-state index contributed by atoms with van der Waals surface area (Å²) in [5.41, 5.74) is 5.53. The van der Waals surface area contributed by atoms with Crippen LogP contribution in [0.2, 0.25) is 0 Å². The van der Waals surface area contributed by atoms with Crippen LogP contribution in [0.4, 0.5) is 0 Å². The monoisotopic (exact) mass is 319 g/mol. The van der Waals surface area contributed by atoms with Crippen molar-refractivity contribution in [2.24, 2.45) is 11.1 Å². The second kappa shape index (κ2) is 7.07. The van der Waals surface area contributed by atoms with Gasteiger partial charge in [0, 0.05) is 20.1 Å². The van der Waals surface area contributed by atoms with Gasteiger partial charge in [-0.1, -0.05) is 20.8 Å². The van der Waals surface area contributed by atoms with Crippen molar-refractivity contribution < 1.29 is 13.2 Å². The summed E-state index contributed by atoms with van der Waals surface area (Å²) < 4.78 is 25.9. The molecule has 21 heavy (non-hydrogen) atoms. The van der Waals surface area contributed by atoms with Crippen molar-refractivity contribution in [1.29, 1.82) is 0 Å². The second-order valence-corrected chi connectivity index (χ2v) is 8.69. The maximum atomic E-state index is 12.6. The number of likely N-dealkylation sites (N-methyl/N-ethyl adjacent to an activating group) is 1. The first-order valence-electron chi connectivity index (χ1n) is 7.59. The number of carbonyl (C=O) groups is 1. The molecule has 1 atom stereocenters. The maximum Gasteiger partial charge on any atom is 0.240 e. The highest BCUT2D eigenvalue weighted by atomic mass is 32.2. The third-order valence-electron chi connectivity index (χ3n) is 3.90. The minimum Gasteiger partial charge on any atom is -0.344 e. The number of amides is 1. The smallest absolute Gasteiger partial charge is 0.240 e. The van der Waals surface area contributed by atoms with Gasteiger partial charge in [0.15, 0.2) is 0 Å². The molecule has 0 bridgehead atoms. The lowest BCUT2D eigenvalue weighted by Crippen LogP contribution is -2.49. The Balaban J connectivity index is 2.81. The van der Waals surface area contributed by atoms with Gasteiger partial charge in [0.1, 0.15) is 6.04 Å². The Morgan fingerprint density at radius 1 is 1.43 bits per heavy atom. The molecule has 6 nitrogen and oxygen atoms in total. The fraction of sp³-hybridized carbons (Fsp3) is 0.929. The van der Waals surface area contributed by atoms with Crippen molar-refractivity contribution in [1.82, 2.24) is 9.21 Å². The molecule has 0 aromatic rings. The molecule has 1 fully saturated rings. The first kappa shape index (κ1) is 18.4. The first-order valence-corrected chi connectivity index (χ1v) is 9.20. The molecule has 1 aliphatic heterocycles. The van der Waals surface area contributed by atoms with Crippen molar-refractivity contribution in [2.75, 3.05) is 32.4 Å². The van der Waals surface area contributed by atoms with E-state index in [2.05, 4.69) is 0 Å². The van der Waals surface area contributed by atoms with Crippen molar-refractivity contribution in [2.45, 2.75) is 46.1 Å². The van der Waals surface area contributed by atoms with E-state index in [9.17, 15) is 13.2 Å². The highest BCUT2D eigenvalue weighted by molar-refractivity contribution is 7.89. The van der Waals surface area contributed by atoms with Gasteiger partial charge < -0.3 is 10.6 Å². The van der Waals surface area contributed by atoms with Crippen molar-refractivity contribution in [3.05, 3.63) is 0 Å². The van der Waals surface area contributed by atoms with Crippen LogP contribution in [0.1, 0.15) is 40.0 Å². The first-order chi connectivity index (χ1) is 9.64. The summed E-state index contributed by atoms with van der Waals surface area (Å²) in [4.78, 5) is 14.2. The molecule has 1 amide bonds. The van der Waals surface area contributed by atoms with Crippen molar-refractivity contribution in [3.8, 4) is 0 Å². The molecule has 0 spiro atoms. The Kier molecular flexibility index (Phi) is 6.19. The number of nitrogens with two attached hydrogens (primary N) is 1. The van der Waals surface area contributed by atoms with E-state index in [-0.39, 0.29) is 17.1 Å². The number of hydrogen-bond donors (Lipinski definition) is 1. The number of rotatable bonds is 7. The van der Waals surface area contributed by atoms with Crippen LogP contribution in [-0.4, -0.2) is 62.0 Å². The minimum absolute atomic E-state index is 0.106. The fourth-order valence-corrected chi connectivity index (χ4v) is 4.48. The zero-order chi connectivity index (χ0) is 16.3. The van der Waals surface area contributed by atoms with Gasteiger partial charge in [0.25, 0.3) is 0 Å². The SMILES string of the molecule is CCCS(=O)(=O)N1CCCC1C(=O)N(C)CC(C)(C)CN. The second-order valence-electron chi connectivity index (χ2n) is 6.65. The normalized spacial score (nSPS) is 20.7. The zero-order valence-electron chi connectivity index (χ0n) is 13.6. The number of nitrogens with zero attached hydrogens (tertiary/aromatic N) is 2. The van der Waals surface area contributed by atoms with Gasteiger partial charge in [0.05, 0.1) is 5.75 Å². The summed E-state index contributed by atoms with van der Waals surface area (Å²) in [5, 5.41) is 0. The van der Waals surface area contributed by atoms with E-state index < -0.39 is 16.1 Å². The lowest BCUT2D eigenvalue weighted by molar-refractivity contribution is -0.134. The quantitative estimate of drug-likeness (QED) is 0.746. The lowest BCUT2D eigenvalue weighted by Gasteiger charge is -2.32. The van der Waals surface area contributed by atoms with Gasteiger partial charge in [-0.3, -0.25) is 4.79 Å². The molecule has 0 saturated carbocycles. The maximum absolute atomic E-state index is 12.6. The molecule has 1 rings (SSSR count). The van der Waals surface area contributed by atoms with Gasteiger partial charge in [-0.05, 0) is 31.2 Å². The molecular formula is C14H29N3O3S. The van der Waals surface area contributed by atoms with Crippen LogP contribution in [0.5, 0.6) is 0 Å². The summed E-state index contributed by atoms with van der Waals surface area (Å²) >= 11 is 0. The van der Waals surface area contributed by atoms with E-state index >= 15 is 0 Å². The molecular weight excluding hydrogens is 290 g/mol. The average molecular weight is 319 g/mol. The van der Waals surface area contributed by atoms with E-state index in [1.54, 1.807) is 11.9 Å². The molecule has 1 saturated heterocycles. The number of carbonyl (C=O) groups excluding carboxylic acids is 1. The number of hydrogen-bond acceptors (Lipinski definition) is 4. The molecule has 0 aromatic heterocycles. The van der Waals surface area contributed by atoms with E-state index in [1.165, 1.54) is 4.31 Å². The molecule has 0 aliphatic carbocycles. The predicted molar refractivity (Wildman–Crippen MR) is 84.3 cm³/mol. The van der Waals surface area contributed by atoms with E-state index in [1.807, 2.05) is 20.8 Å². The van der Waals surface area contributed by atoms with Gasteiger partial charge in [-0.25, -0.2) is 8.42 Å². The predicted octanol–water partition coefficient (Wildman–Crippen LogP) is 0.634. The van der Waals surface area contributed by atoms with E-state index in [4.69, 9.17) is 5.73 Å². The third kappa shape index (κ3) is 4.66. The molecule has 1 heterocycles. The Labute approximate surface area is 128 Å². The van der Waals surface area contributed by atoms with Gasteiger partial charge in [-0.15, -0.1) is 0 Å². The van der Waals surface area contributed by atoms with Crippen LogP contribution < -0.4 is 5.73 Å². The summed E-state index contributed by atoms with van der Waals surface area (Å²) in [6.07, 6.45) is 1.92. The summed E-state index contributed by atoms with van der Waals surface area (Å²) in [6, 6.07) is -0.542. The van der Waals surface area contributed by atoms with Crippen LogP contribution in [0.3, 0.4) is 0 Å². The Bertz CT molecular complexity index is 462. The highest BCUT2D eigenvalue weighted by Crippen LogP contribution is 2.24. The summed E-state index contributed by atoms with van der Waals surface area (Å²) in [7, 11) is -1.60. The van der Waals surface area contributed by atoms with Crippen LogP contribution in [0.15, 0.2) is 0 Å². The van der Waals surface area contributed by atoms with Gasteiger partial charge in [0.2, 0.25) is 15.9 Å². The number of sulfonamides is 1. The van der Waals surface area contributed by atoms with Crippen LogP contribution in [0, 0.1) is 5.41 Å². The van der Waals surface area contributed by atoms with Crippen LogP contribution in [-0.2, 0) is 14.8 Å². The Hall–Kier alpha value is -0.660. The average Bonchev–Trinajstić information content (AvgIpc) is 2.87. The zero-order valence-corrected chi connectivity index (χ0v) is 14.4. The summed E-state index contributed by atoms with van der Waals surface area (Å²) in [5.74, 6) is -0.0110. The van der Waals surface area contributed by atoms with Crippen LogP contribution >= 0.6 is 0 Å². The van der Waals surface area contributed by atoms with E-state index in [0.717, 1.165) is 6.42 Å². The van der Waals surface area contributed by atoms with Crippen LogP contribution in [0.25, 0.3) is 0 Å². The Morgan fingerprint density at radius 3 is 2.57 bits per heavy atom. The molecule has 0 aromatic carbocycles. The third-order valence-corrected chi connectivity index (χ3v) is 5.98.